The molecule has 0 aliphatic carbocycles. The van der Waals surface area contributed by atoms with E-state index < -0.39 is 0 Å². The number of nitrogens with zero attached hydrogens (tertiary/aromatic N) is 1. The Bertz CT molecular complexity index is 898. The van der Waals surface area contributed by atoms with E-state index in [2.05, 4.69) is 10.5 Å². The van der Waals surface area contributed by atoms with Crippen LogP contribution in [0.15, 0.2) is 59.1 Å². The van der Waals surface area contributed by atoms with E-state index in [-0.39, 0.29) is 17.4 Å². The minimum Gasteiger partial charge on any atom is -0.355 e. The number of benzene rings is 2. The molecule has 0 unspecified atom stereocenters. The summed E-state index contributed by atoms with van der Waals surface area (Å²) in [5.74, 6) is 0.0815. The van der Waals surface area contributed by atoms with Crippen LogP contribution in [0.5, 0.6) is 0 Å². The zero-order chi connectivity index (χ0) is 17.1. The molecule has 3 aromatic rings. The second kappa shape index (κ2) is 6.50. The monoisotopic (exact) mass is 320 g/mol. The predicted molar refractivity (Wildman–Crippen MR) is 91.1 cm³/mol. The van der Waals surface area contributed by atoms with E-state index in [0.29, 0.717) is 17.0 Å². The molecule has 0 aliphatic heterocycles. The lowest BCUT2D eigenvalue weighted by atomic mass is 10.1. The van der Waals surface area contributed by atoms with Crippen LogP contribution < -0.4 is 5.32 Å². The van der Waals surface area contributed by atoms with Crippen molar-refractivity contribution in [3.63, 3.8) is 0 Å². The highest BCUT2D eigenvalue weighted by Crippen LogP contribution is 2.22. The number of aromatic nitrogens is 1. The summed E-state index contributed by atoms with van der Waals surface area (Å²) < 4.78 is 5.24. The number of anilines is 1. The van der Waals surface area contributed by atoms with E-state index in [4.69, 9.17) is 4.52 Å². The van der Waals surface area contributed by atoms with Crippen LogP contribution >= 0.6 is 0 Å². The number of nitrogens with one attached hydrogen (secondary N) is 1. The van der Waals surface area contributed by atoms with Crippen molar-refractivity contribution < 1.29 is 14.1 Å². The Morgan fingerprint density at radius 1 is 1.04 bits per heavy atom. The van der Waals surface area contributed by atoms with Gasteiger partial charge < -0.3 is 9.84 Å². The van der Waals surface area contributed by atoms with Crippen molar-refractivity contribution in [1.82, 2.24) is 5.16 Å². The zero-order valence-electron chi connectivity index (χ0n) is 13.4. The molecule has 5 nitrogen and oxygen atoms in total. The number of hydrogen-bond donors (Lipinski definition) is 1. The molecule has 0 saturated heterocycles. The van der Waals surface area contributed by atoms with Crippen molar-refractivity contribution in [3.05, 3.63) is 71.4 Å². The molecule has 1 aromatic heterocycles. The number of carbonyl (C=O) groups excluding carboxylic acids is 2. The first-order chi connectivity index (χ1) is 11.5. The van der Waals surface area contributed by atoms with Crippen LogP contribution in [0.25, 0.3) is 11.3 Å². The third-order valence-corrected chi connectivity index (χ3v) is 3.69. The third-order valence-electron chi connectivity index (χ3n) is 3.69. The third kappa shape index (κ3) is 3.25. The molecule has 0 spiro atoms. The molecule has 0 atom stereocenters. The van der Waals surface area contributed by atoms with Crippen molar-refractivity contribution in [2.45, 2.75) is 13.8 Å². The number of rotatable bonds is 4. The average Bonchev–Trinajstić information content (AvgIpc) is 3.07. The molecule has 0 saturated carbocycles. The Kier molecular flexibility index (Phi) is 4.24. The Balaban J connectivity index is 1.82. The lowest BCUT2D eigenvalue weighted by molar-refractivity contribution is 0.100. The quantitative estimate of drug-likeness (QED) is 0.734. The first-order valence-electron chi connectivity index (χ1n) is 7.49. The minimum atomic E-state index is -0.385. The first-order valence-corrected chi connectivity index (χ1v) is 7.49. The van der Waals surface area contributed by atoms with Gasteiger partial charge in [-0.1, -0.05) is 47.6 Å². The fourth-order valence-electron chi connectivity index (χ4n) is 2.28. The van der Waals surface area contributed by atoms with Crippen LogP contribution in [0, 0.1) is 6.92 Å². The predicted octanol–water partition coefficient (Wildman–Crippen LogP) is 4.10. The minimum absolute atomic E-state index is 0.0571. The van der Waals surface area contributed by atoms with Gasteiger partial charge in [-0.15, -0.1) is 0 Å². The molecule has 24 heavy (non-hydrogen) atoms. The topological polar surface area (TPSA) is 72.2 Å². The van der Waals surface area contributed by atoms with Gasteiger partial charge in [0.2, 0.25) is 0 Å². The van der Waals surface area contributed by atoms with E-state index in [9.17, 15) is 9.59 Å². The normalized spacial score (nSPS) is 10.4. The summed E-state index contributed by atoms with van der Waals surface area (Å²) in [4.78, 5) is 23.9. The summed E-state index contributed by atoms with van der Waals surface area (Å²) in [6.45, 7) is 3.35. The average molecular weight is 320 g/mol. The first kappa shape index (κ1) is 15.7. The number of aryl methyl sites for hydroxylation is 1. The van der Waals surface area contributed by atoms with Crippen molar-refractivity contribution >= 4 is 17.4 Å². The molecule has 0 aliphatic rings. The highest BCUT2D eigenvalue weighted by atomic mass is 16.5. The number of amides is 1. The SMILES string of the molecule is CC(=O)c1ccc(C)c(NC(=O)c2cc(-c3ccccc3)on2)c1. The summed E-state index contributed by atoms with van der Waals surface area (Å²) in [5, 5.41) is 6.59. The Morgan fingerprint density at radius 3 is 2.50 bits per heavy atom. The van der Waals surface area contributed by atoms with Crippen LogP contribution in [-0.2, 0) is 0 Å². The zero-order valence-corrected chi connectivity index (χ0v) is 13.4. The van der Waals surface area contributed by atoms with Crippen LogP contribution in [0.2, 0.25) is 0 Å². The summed E-state index contributed by atoms with van der Waals surface area (Å²) in [6, 6.07) is 16.2. The molecule has 0 fully saturated rings. The summed E-state index contributed by atoms with van der Waals surface area (Å²) in [6.07, 6.45) is 0. The highest BCUT2D eigenvalue weighted by Gasteiger charge is 2.15. The van der Waals surface area contributed by atoms with Gasteiger partial charge in [-0.25, -0.2) is 0 Å². The summed E-state index contributed by atoms with van der Waals surface area (Å²) in [7, 11) is 0. The van der Waals surface area contributed by atoms with Crippen molar-refractivity contribution in [3.8, 4) is 11.3 Å². The van der Waals surface area contributed by atoms with Crippen molar-refractivity contribution in [2.75, 3.05) is 5.32 Å². The Hall–Kier alpha value is -3.21. The van der Waals surface area contributed by atoms with Gasteiger partial charge in [-0.2, -0.15) is 0 Å². The van der Waals surface area contributed by atoms with Crippen LogP contribution in [0.1, 0.15) is 33.3 Å². The van der Waals surface area contributed by atoms with Gasteiger partial charge in [-0.05, 0) is 25.5 Å². The number of hydrogen-bond acceptors (Lipinski definition) is 4. The van der Waals surface area contributed by atoms with Crippen LogP contribution in [0.3, 0.4) is 0 Å². The van der Waals surface area contributed by atoms with E-state index in [1.165, 1.54) is 6.92 Å². The second-order valence-electron chi connectivity index (χ2n) is 5.48. The fourth-order valence-corrected chi connectivity index (χ4v) is 2.28. The van der Waals surface area contributed by atoms with Gasteiger partial charge in [-0.3, -0.25) is 9.59 Å². The number of ketones is 1. The van der Waals surface area contributed by atoms with E-state index in [1.807, 2.05) is 37.3 Å². The maximum Gasteiger partial charge on any atom is 0.277 e. The number of carbonyl (C=O) groups is 2. The van der Waals surface area contributed by atoms with Crippen LogP contribution in [0.4, 0.5) is 5.69 Å². The molecule has 1 amide bonds. The van der Waals surface area contributed by atoms with Gasteiger partial charge >= 0.3 is 0 Å². The summed E-state index contributed by atoms with van der Waals surface area (Å²) >= 11 is 0. The van der Waals surface area contributed by atoms with E-state index >= 15 is 0 Å². The van der Waals surface area contributed by atoms with Gasteiger partial charge in [0.05, 0.1) is 0 Å². The lowest BCUT2D eigenvalue weighted by Crippen LogP contribution is -2.13. The highest BCUT2D eigenvalue weighted by molar-refractivity contribution is 6.04. The van der Waals surface area contributed by atoms with Gasteiger partial charge in [0.25, 0.3) is 5.91 Å². The fraction of sp³-hybridized carbons (Fsp3) is 0.105. The maximum atomic E-state index is 12.4. The van der Waals surface area contributed by atoms with Gasteiger partial charge in [0.1, 0.15) is 0 Å². The Labute approximate surface area is 139 Å². The molecule has 3 rings (SSSR count). The van der Waals surface area contributed by atoms with Crippen LogP contribution in [-0.4, -0.2) is 16.8 Å². The molecular weight excluding hydrogens is 304 g/mol. The molecule has 0 bridgehead atoms. The largest absolute Gasteiger partial charge is 0.355 e. The molecule has 0 radical (unpaired) electrons. The van der Waals surface area contributed by atoms with Crippen molar-refractivity contribution in [2.24, 2.45) is 0 Å². The summed E-state index contributed by atoms with van der Waals surface area (Å²) in [5.41, 5.74) is 3.01. The smallest absolute Gasteiger partial charge is 0.277 e. The molecular formula is C19H16N2O3. The number of Topliss-reactive ketones (excluding diaryl/α,β-unsaturated/α-hetero) is 1. The molecule has 1 heterocycles. The van der Waals surface area contributed by atoms with Crippen molar-refractivity contribution in [1.29, 1.82) is 0 Å². The standard InChI is InChI=1S/C19H16N2O3/c1-12-8-9-15(13(2)22)10-16(12)20-19(23)17-11-18(24-21-17)14-6-4-3-5-7-14/h3-11H,1-2H3,(H,20,23). The lowest BCUT2D eigenvalue weighted by Gasteiger charge is -2.08. The molecule has 5 heteroatoms. The molecule has 1 N–H and O–H groups in total. The molecule has 2 aromatic carbocycles. The van der Waals surface area contributed by atoms with E-state index in [0.717, 1.165) is 11.1 Å². The van der Waals surface area contributed by atoms with E-state index in [1.54, 1.807) is 24.3 Å². The second-order valence-corrected chi connectivity index (χ2v) is 5.48. The van der Waals surface area contributed by atoms with Gasteiger partial charge in [0, 0.05) is 22.9 Å². The maximum absolute atomic E-state index is 12.4. The van der Waals surface area contributed by atoms with Gasteiger partial charge in [0.15, 0.2) is 17.2 Å². The molecule has 120 valence electrons. The Morgan fingerprint density at radius 2 is 1.79 bits per heavy atom.